The Morgan fingerprint density at radius 2 is 1.69 bits per heavy atom. The lowest BCUT2D eigenvalue weighted by atomic mass is 9.99. The van der Waals surface area contributed by atoms with E-state index in [1.807, 2.05) is 13.8 Å². The van der Waals surface area contributed by atoms with Crippen LogP contribution < -0.4 is 0 Å². The highest BCUT2D eigenvalue weighted by molar-refractivity contribution is 7.90. The summed E-state index contributed by atoms with van der Waals surface area (Å²) in [7, 11) is -3.95. The zero-order chi connectivity index (χ0) is 21.2. The van der Waals surface area contributed by atoms with Gasteiger partial charge in [-0.25, -0.2) is 21.6 Å². The van der Waals surface area contributed by atoms with Crippen molar-refractivity contribution in [3.8, 4) is 11.1 Å². The van der Waals surface area contributed by atoms with Gasteiger partial charge in [-0.05, 0) is 42.7 Å². The molecule has 0 N–H and O–H groups in total. The molecule has 0 spiro atoms. The maximum Gasteiger partial charge on any atom is 0.340 e. The first-order chi connectivity index (χ1) is 13.8. The number of carbonyl (C=O) groups excluding carboxylic acids is 1. The Bertz CT molecular complexity index is 1120. The van der Waals surface area contributed by atoms with E-state index in [-0.39, 0.29) is 23.0 Å². The summed E-state index contributed by atoms with van der Waals surface area (Å²) in [5.74, 6) is -1.33. The number of nitrogens with zero attached hydrogens (tertiary/aromatic N) is 1. The van der Waals surface area contributed by atoms with Crippen LogP contribution in [0.1, 0.15) is 42.7 Å². The summed E-state index contributed by atoms with van der Waals surface area (Å²) in [4.78, 5) is 12.9. The van der Waals surface area contributed by atoms with Crippen LogP contribution in [-0.4, -0.2) is 25.0 Å². The molecule has 152 valence electrons. The Labute approximate surface area is 169 Å². The molecule has 0 fully saturated rings. The summed E-state index contributed by atoms with van der Waals surface area (Å²) >= 11 is 0. The van der Waals surface area contributed by atoms with E-state index in [0.29, 0.717) is 16.8 Å². The van der Waals surface area contributed by atoms with E-state index in [4.69, 9.17) is 4.74 Å². The van der Waals surface area contributed by atoms with Crippen LogP contribution in [0.4, 0.5) is 4.39 Å². The van der Waals surface area contributed by atoms with Crippen LogP contribution in [0.2, 0.25) is 0 Å². The third-order valence-corrected chi connectivity index (χ3v) is 6.18. The molecule has 3 rings (SSSR count). The molecule has 0 saturated carbocycles. The van der Waals surface area contributed by atoms with Crippen molar-refractivity contribution in [1.29, 1.82) is 0 Å². The largest absolute Gasteiger partial charge is 0.462 e. The standard InChI is InChI=1S/C22H22FNO4S/c1-4-28-22(25)20-19(16-10-12-17(23)13-11-16)14-24(21(20)15(2)3)29(26,27)18-8-6-5-7-9-18/h5-15H,4H2,1-3H3. The molecule has 0 atom stereocenters. The second-order valence-corrected chi connectivity index (χ2v) is 8.61. The predicted octanol–water partition coefficient (Wildman–Crippen LogP) is 4.83. The molecule has 0 aliphatic carbocycles. The third kappa shape index (κ3) is 3.96. The number of esters is 1. The van der Waals surface area contributed by atoms with Gasteiger partial charge >= 0.3 is 5.97 Å². The highest BCUT2D eigenvalue weighted by Crippen LogP contribution is 2.35. The lowest BCUT2D eigenvalue weighted by Crippen LogP contribution is -2.18. The van der Waals surface area contributed by atoms with Crippen LogP contribution in [-0.2, 0) is 14.8 Å². The zero-order valence-electron chi connectivity index (χ0n) is 16.4. The third-order valence-electron chi connectivity index (χ3n) is 4.49. The Morgan fingerprint density at radius 1 is 1.07 bits per heavy atom. The number of carbonyl (C=O) groups is 1. The van der Waals surface area contributed by atoms with Crippen molar-refractivity contribution in [2.75, 3.05) is 6.61 Å². The molecule has 0 radical (unpaired) electrons. The van der Waals surface area contributed by atoms with E-state index in [1.54, 1.807) is 25.1 Å². The second kappa shape index (κ2) is 8.21. The lowest BCUT2D eigenvalue weighted by Gasteiger charge is -2.15. The molecule has 2 aromatic carbocycles. The maximum absolute atomic E-state index is 13.4. The second-order valence-electron chi connectivity index (χ2n) is 6.80. The van der Waals surface area contributed by atoms with Crippen LogP contribution in [0.5, 0.6) is 0 Å². The first kappa shape index (κ1) is 20.8. The van der Waals surface area contributed by atoms with Crippen molar-refractivity contribution in [1.82, 2.24) is 3.97 Å². The molecule has 0 aliphatic heterocycles. The van der Waals surface area contributed by atoms with Crippen LogP contribution in [0.15, 0.2) is 65.7 Å². The van der Waals surface area contributed by atoms with Crippen molar-refractivity contribution in [2.24, 2.45) is 0 Å². The minimum Gasteiger partial charge on any atom is -0.462 e. The molecule has 0 saturated heterocycles. The van der Waals surface area contributed by atoms with E-state index < -0.39 is 21.8 Å². The Kier molecular flexibility index (Phi) is 5.88. The zero-order valence-corrected chi connectivity index (χ0v) is 17.2. The van der Waals surface area contributed by atoms with Gasteiger partial charge in [0.25, 0.3) is 10.0 Å². The molecule has 29 heavy (non-hydrogen) atoms. The fourth-order valence-corrected chi connectivity index (χ4v) is 4.75. The molecule has 1 heterocycles. The first-order valence-corrected chi connectivity index (χ1v) is 10.7. The Morgan fingerprint density at radius 3 is 2.24 bits per heavy atom. The summed E-state index contributed by atoms with van der Waals surface area (Å²) in [6.45, 7) is 5.45. The SMILES string of the molecule is CCOC(=O)c1c(-c2ccc(F)cc2)cn(S(=O)(=O)c2ccccc2)c1C(C)C. The Hall–Kier alpha value is -2.93. The molecule has 5 nitrogen and oxygen atoms in total. The smallest absolute Gasteiger partial charge is 0.340 e. The van der Waals surface area contributed by atoms with Crippen LogP contribution in [0, 0.1) is 5.82 Å². The summed E-state index contributed by atoms with van der Waals surface area (Å²) in [6, 6.07) is 13.6. The number of hydrogen-bond acceptors (Lipinski definition) is 4. The van der Waals surface area contributed by atoms with Crippen LogP contribution in [0.3, 0.4) is 0 Å². The quantitative estimate of drug-likeness (QED) is 0.541. The fourth-order valence-electron chi connectivity index (χ4n) is 3.21. The predicted molar refractivity (Wildman–Crippen MR) is 109 cm³/mol. The van der Waals surface area contributed by atoms with Gasteiger partial charge in [-0.3, -0.25) is 0 Å². The first-order valence-electron chi connectivity index (χ1n) is 9.26. The van der Waals surface area contributed by atoms with Crippen molar-refractivity contribution in [3.05, 3.63) is 77.9 Å². The minimum absolute atomic E-state index is 0.109. The molecule has 0 unspecified atom stereocenters. The minimum atomic E-state index is -3.95. The van der Waals surface area contributed by atoms with Gasteiger partial charge in [0.15, 0.2) is 0 Å². The van der Waals surface area contributed by atoms with Gasteiger partial charge in [0.2, 0.25) is 0 Å². The number of halogens is 1. The van der Waals surface area contributed by atoms with E-state index in [0.717, 1.165) is 3.97 Å². The average Bonchev–Trinajstić information content (AvgIpc) is 3.11. The molecule has 0 aliphatic rings. The number of rotatable bonds is 6. The van der Waals surface area contributed by atoms with E-state index in [1.165, 1.54) is 42.6 Å². The van der Waals surface area contributed by atoms with Gasteiger partial charge in [0, 0.05) is 11.8 Å². The van der Waals surface area contributed by atoms with Crippen LogP contribution in [0.25, 0.3) is 11.1 Å². The van der Waals surface area contributed by atoms with Gasteiger partial charge in [0.1, 0.15) is 5.82 Å². The van der Waals surface area contributed by atoms with Crippen molar-refractivity contribution in [2.45, 2.75) is 31.6 Å². The topological polar surface area (TPSA) is 65.4 Å². The van der Waals surface area contributed by atoms with E-state index in [2.05, 4.69) is 0 Å². The monoisotopic (exact) mass is 415 g/mol. The molecule has 0 bridgehead atoms. The van der Waals surface area contributed by atoms with Crippen molar-refractivity contribution in [3.63, 3.8) is 0 Å². The van der Waals surface area contributed by atoms with Gasteiger partial charge in [-0.2, -0.15) is 0 Å². The van der Waals surface area contributed by atoms with E-state index >= 15 is 0 Å². The number of benzene rings is 2. The summed E-state index contributed by atoms with van der Waals surface area (Å²) in [5.41, 5.74) is 1.41. The number of aromatic nitrogens is 1. The highest BCUT2D eigenvalue weighted by Gasteiger charge is 2.31. The molecule has 7 heteroatoms. The van der Waals surface area contributed by atoms with E-state index in [9.17, 15) is 17.6 Å². The average molecular weight is 415 g/mol. The number of ether oxygens (including phenoxy) is 1. The normalized spacial score (nSPS) is 11.6. The molecule has 1 aromatic heterocycles. The molecular weight excluding hydrogens is 393 g/mol. The van der Waals surface area contributed by atoms with Crippen molar-refractivity contribution >= 4 is 16.0 Å². The van der Waals surface area contributed by atoms with Crippen LogP contribution >= 0.6 is 0 Å². The number of hydrogen-bond donors (Lipinski definition) is 0. The highest BCUT2D eigenvalue weighted by atomic mass is 32.2. The van der Waals surface area contributed by atoms with Gasteiger partial charge in [-0.15, -0.1) is 0 Å². The van der Waals surface area contributed by atoms with Gasteiger partial charge in [0.05, 0.1) is 22.8 Å². The van der Waals surface area contributed by atoms with Gasteiger partial charge < -0.3 is 4.74 Å². The maximum atomic E-state index is 13.4. The van der Waals surface area contributed by atoms with Crippen molar-refractivity contribution < 1.29 is 22.3 Å². The lowest BCUT2D eigenvalue weighted by molar-refractivity contribution is 0.0525. The molecule has 0 amide bonds. The fraction of sp³-hybridized carbons (Fsp3) is 0.227. The summed E-state index contributed by atoms with van der Waals surface area (Å²) in [5, 5.41) is 0. The Balaban J connectivity index is 2.34. The summed E-state index contributed by atoms with van der Waals surface area (Å²) < 4.78 is 46.4. The molecular formula is C22H22FNO4S. The molecule has 3 aromatic rings. The summed E-state index contributed by atoms with van der Waals surface area (Å²) in [6.07, 6.45) is 1.41. The van der Waals surface area contributed by atoms with Gasteiger partial charge in [-0.1, -0.05) is 44.2 Å².